The zero-order chi connectivity index (χ0) is 15.4. The van der Waals surface area contributed by atoms with Gasteiger partial charge in [0.25, 0.3) is 0 Å². The number of rotatable bonds is 4. The van der Waals surface area contributed by atoms with Crippen molar-refractivity contribution in [2.45, 2.75) is 44.7 Å². The van der Waals surface area contributed by atoms with Crippen molar-refractivity contribution in [1.82, 2.24) is 4.90 Å². The molecule has 0 radical (unpaired) electrons. The first kappa shape index (κ1) is 16.1. The van der Waals surface area contributed by atoms with Crippen molar-refractivity contribution in [2.75, 3.05) is 19.7 Å². The summed E-state index contributed by atoms with van der Waals surface area (Å²) >= 11 is 7.43. The zero-order valence-electron chi connectivity index (χ0n) is 13.2. The molecule has 0 aromatic heterocycles. The average Bonchev–Trinajstić information content (AvgIpc) is 2.58. The minimum absolute atomic E-state index is 0.836. The molecule has 1 aromatic rings. The monoisotopic (exact) mass is 337 g/mol. The third-order valence-corrected chi connectivity index (χ3v) is 6.38. The van der Waals surface area contributed by atoms with Gasteiger partial charge in [0.05, 0.1) is 13.2 Å². The summed E-state index contributed by atoms with van der Waals surface area (Å²) in [5.41, 5.74) is 1.30. The van der Waals surface area contributed by atoms with Gasteiger partial charge in [-0.25, -0.2) is 0 Å². The second-order valence-electron chi connectivity index (χ2n) is 6.25. The fourth-order valence-corrected chi connectivity index (χ4v) is 4.68. The fourth-order valence-electron chi connectivity index (χ4n) is 3.43. The van der Waals surface area contributed by atoms with E-state index in [2.05, 4.69) is 17.0 Å². The number of methoxy groups -OCH3 is 1. The van der Waals surface area contributed by atoms with E-state index in [9.17, 15) is 0 Å². The molecule has 1 unspecified atom stereocenters. The van der Waals surface area contributed by atoms with E-state index in [4.69, 9.17) is 17.0 Å². The first-order valence-electron chi connectivity index (χ1n) is 8.15. The van der Waals surface area contributed by atoms with E-state index >= 15 is 0 Å². The van der Waals surface area contributed by atoms with Crippen LogP contribution in [0.25, 0.3) is 0 Å². The van der Waals surface area contributed by atoms with Crippen LogP contribution in [0.5, 0.6) is 5.75 Å². The third kappa shape index (κ3) is 3.94. The van der Waals surface area contributed by atoms with Gasteiger partial charge in [-0.05, 0) is 55.1 Å². The molecular formula is C17H25N2OS2+. The summed E-state index contributed by atoms with van der Waals surface area (Å²) < 4.78 is 6.28. The zero-order valence-corrected chi connectivity index (χ0v) is 14.8. The Bertz CT molecular complexity index is 500. The van der Waals surface area contributed by atoms with Gasteiger partial charge in [-0.3, -0.25) is 0 Å². The number of thiocarbonyl (C=S) groups is 1. The van der Waals surface area contributed by atoms with Crippen molar-refractivity contribution in [3.63, 3.8) is 0 Å². The smallest absolute Gasteiger partial charge is 0.155 e. The molecule has 1 saturated carbocycles. The number of hydrogen-bond acceptors (Lipinski definition) is 3. The Hall–Kier alpha value is -0.780. The van der Waals surface area contributed by atoms with E-state index in [0.29, 0.717) is 0 Å². The van der Waals surface area contributed by atoms with Gasteiger partial charge >= 0.3 is 0 Å². The Morgan fingerprint density at radius 2 is 1.95 bits per heavy atom. The summed E-state index contributed by atoms with van der Waals surface area (Å²) in [6.07, 6.45) is 7.01. The number of nitrogens with one attached hydrogen (secondary N) is 1. The highest BCUT2D eigenvalue weighted by molar-refractivity contribution is 8.22. The summed E-state index contributed by atoms with van der Waals surface area (Å²) in [6, 6.07) is 9.17. The molecule has 22 heavy (non-hydrogen) atoms. The van der Waals surface area contributed by atoms with Crippen LogP contribution in [0.4, 0.5) is 0 Å². The van der Waals surface area contributed by atoms with Crippen molar-refractivity contribution < 1.29 is 9.64 Å². The van der Waals surface area contributed by atoms with Gasteiger partial charge in [0.1, 0.15) is 15.9 Å². The number of benzene rings is 1. The lowest BCUT2D eigenvalue weighted by Gasteiger charge is -2.39. The Kier molecular flexibility index (Phi) is 5.61. The van der Waals surface area contributed by atoms with Crippen LogP contribution in [0.15, 0.2) is 24.3 Å². The quantitative estimate of drug-likeness (QED) is 0.850. The highest BCUT2D eigenvalue weighted by Gasteiger charge is 2.31. The van der Waals surface area contributed by atoms with Crippen molar-refractivity contribution in [2.24, 2.45) is 0 Å². The predicted molar refractivity (Wildman–Crippen MR) is 96.3 cm³/mol. The molecule has 1 heterocycles. The highest BCUT2D eigenvalue weighted by atomic mass is 32.2. The first-order chi connectivity index (χ1) is 10.8. The van der Waals surface area contributed by atoms with Crippen molar-refractivity contribution in [3.8, 4) is 5.75 Å². The Morgan fingerprint density at radius 3 is 2.64 bits per heavy atom. The molecular weight excluding hydrogens is 312 g/mol. The van der Waals surface area contributed by atoms with Gasteiger partial charge in [0, 0.05) is 6.54 Å². The van der Waals surface area contributed by atoms with E-state index < -0.39 is 0 Å². The van der Waals surface area contributed by atoms with Gasteiger partial charge in [-0.2, -0.15) is 0 Å². The van der Waals surface area contributed by atoms with Gasteiger partial charge in [0.2, 0.25) is 0 Å². The van der Waals surface area contributed by atoms with Gasteiger partial charge in [0.15, 0.2) is 6.67 Å². The van der Waals surface area contributed by atoms with Crippen LogP contribution in [-0.4, -0.2) is 34.9 Å². The first-order valence-corrected chi connectivity index (χ1v) is 9.55. The molecule has 1 N–H and O–H groups in total. The Balaban J connectivity index is 1.61. The molecule has 1 aromatic carbocycles. The van der Waals surface area contributed by atoms with Crippen molar-refractivity contribution in [3.05, 3.63) is 29.8 Å². The molecule has 0 amide bonds. The van der Waals surface area contributed by atoms with Crippen LogP contribution in [0.3, 0.4) is 0 Å². The summed E-state index contributed by atoms with van der Waals surface area (Å²) in [5.74, 6) is 2.05. The average molecular weight is 338 g/mol. The number of hydrogen-bond donors (Lipinski definition) is 1. The standard InChI is InChI=1S/C17H24N2OS2/c1-20-16-9-7-14(8-10-16)11-18-12-19(13-22-17(18)21)15-5-3-2-4-6-15/h7-10,15H,2-6,11-13H2,1H3/p+1. The van der Waals surface area contributed by atoms with E-state index in [1.807, 2.05) is 23.9 Å². The lowest BCUT2D eigenvalue weighted by Crippen LogP contribution is -3.17. The van der Waals surface area contributed by atoms with E-state index in [-0.39, 0.29) is 0 Å². The number of thioether (sulfide) groups is 1. The maximum Gasteiger partial charge on any atom is 0.155 e. The summed E-state index contributed by atoms with van der Waals surface area (Å²) in [5, 5.41) is 0. The second kappa shape index (κ2) is 7.66. The third-order valence-electron chi connectivity index (χ3n) is 4.75. The topological polar surface area (TPSA) is 16.9 Å². The van der Waals surface area contributed by atoms with E-state index in [1.54, 1.807) is 12.0 Å². The molecule has 0 bridgehead atoms. The van der Waals surface area contributed by atoms with Crippen LogP contribution in [-0.2, 0) is 6.54 Å². The molecule has 3 rings (SSSR count). The summed E-state index contributed by atoms with van der Waals surface area (Å²) in [6.45, 7) is 1.97. The minimum atomic E-state index is 0.836. The summed E-state index contributed by atoms with van der Waals surface area (Å²) in [4.78, 5) is 4.08. The van der Waals surface area contributed by atoms with Crippen LogP contribution >= 0.6 is 24.0 Å². The molecule has 2 fully saturated rings. The number of nitrogens with zero attached hydrogens (tertiary/aromatic N) is 1. The Morgan fingerprint density at radius 1 is 1.23 bits per heavy atom. The minimum Gasteiger partial charge on any atom is -0.497 e. The second-order valence-corrected chi connectivity index (χ2v) is 7.86. The summed E-state index contributed by atoms with van der Waals surface area (Å²) in [7, 11) is 1.71. The van der Waals surface area contributed by atoms with Crippen LogP contribution < -0.4 is 9.64 Å². The van der Waals surface area contributed by atoms with Crippen LogP contribution in [0.1, 0.15) is 37.7 Å². The lowest BCUT2D eigenvalue weighted by atomic mass is 9.95. The van der Waals surface area contributed by atoms with Crippen LogP contribution in [0.2, 0.25) is 0 Å². The number of ether oxygens (including phenoxy) is 1. The normalized spacial score (nSPS) is 23.6. The lowest BCUT2D eigenvalue weighted by molar-refractivity contribution is -0.924. The maximum absolute atomic E-state index is 5.58. The SMILES string of the molecule is COc1ccc(CN2C[NH+](C3CCCCC3)CSC2=S)cc1. The highest BCUT2D eigenvalue weighted by Crippen LogP contribution is 2.20. The Labute approximate surface area is 143 Å². The van der Waals surface area contributed by atoms with E-state index in [1.165, 1.54) is 37.7 Å². The number of quaternary nitrogens is 1. The van der Waals surface area contributed by atoms with Gasteiger partial charge < -0.3 is 14.5 Å². The van der Waals surface area contributed by atoms with Crippen molar-refractivity contribution in [1.29, 1.82) is 0 Å². The molecule has 1 aliphatic carbocycles. The maximum atomic E-state index is 5.58. The predicted octanol–water partition coefficient (Wildman–Crippen LogP) is 2.66. The molecule has 5 heteroatoms. The van der Waals surface area contributed by atoms with Gasteiger partial charge in [-0.15, -0.1) is 0 Å². The van der Waals surface area contributed by atoms with Crippen LogP contribution in [0, 0.1) is 0 Å². The fraction of sp³-hybridized carbons (Fsp3) is 0.588. The molecule has 120 valence electrons. The molecule has 2 aliphatic rings. The molecule has 1 saturated heterocycles. The van der Waals surface area contributed by atoms with E-state index in [0.717, 1.165) is 35.2 Å². The molecule has 3 nitrogen and oxygen atoms in total. The molecule has 0 spiro atoms. The molecule has 1 aliphatic heterocycles. The van der Waals surface area contributed by atoms with Gasteiger partial charge in [-0.1, -0.05) is 30.8 Å². The largest absolute Gasteiger partial charge is 0.497 e. The van der Waals surface area contributed by atoms with Crippen molar-refractivity contribution >= 4 is 28.3 Å². The molecule has 1 atom stereocenters.